The Balaban J connectivity index is 1.69. The molecule has 2 aromatic carbocycles. The number of carbonyl (C=O) groups excluding carboxylic acids is 2. The standard InChI is InChI=1S/C23H26FN5O2S/c1-15(2)13-29-21(18-7-5-6-8-19(18)24)26-27-23(29)32-14-20(30)25-17-11-9-16(10-12-17)22(31)28(3)4/h5-12,15H,13-14H2,1-4H3,(H,25,30). The lowest BCUT2D eigenvalue weighted by Crippen LogP contribution is -2.21. The number of anilines is 1. The van der Waals surface area contributed by atoms with Gasteiger partial charge in [0.25, 0.3) is 5.91 Å². The molecular weight excluding hydrogens is 429 g/mol. The zero-order valence-electron chi connectivity index (χ0n) is 18.5. The highest BCUT2D eigenvalue weighted by Gasteiger charge is 2.19. The third-order valence-corrected chi connectivity index (χ3v) is 5.50. The fraction of sp³-hybridized carbons (Fsp3) is 0.304. The minimum atomic E-state index is -0.365. The van der Waals surface area contributed by atoms with Gasteiger partial charge in [-0.05, 0) is 42.3 Å². The molecule has 0 bridgehead atoms. The SMILES string of the molecule is CC(C)Cn1c(SCC(=O)Nc2ccc(C(=O)N(C)C)cc2)nnc1-c1ccccc1F. The molecule has 0 aliphatic carbocycles. The molecule has 1 N–H and O–H groups in total. The topological polar surface area (TPSA) is 80.1 Å². The predicted molar refractivity (Wildman–Crippen MR) is 124 cm³/mol. The Morgan fingerprint density at radius 2 is 1.78 bits per heavy atom. The summed E-state index contributed by atoms with van der Waals surface area (Å²) in [6.07, 6.45) is 0. The average molecular weight is 456 g/mol. The molecule has 0 aliphatic heterocycles. The van der Waals surface area contributed by atoms with Gasteiger partial charge < -0.3 is 14.8 Å². The summed E-state index contributed by atoms with van der Waals surface area (Å²) >= 11 is 1.24. The first kappa shape index (κ1) is 23.5. The number of aromatic nitrogens is 3. The summed E-state index contributed by atoms with van der Waals surface area (Å²) in [4.78, 5) is 25.9. The van der Waals surface area contributed by atoms with Gasteiger partial charge in [-0.15, -0.1) is 10.2 Å². The molecule has 7 nitrogen and oxygen atoms in total. The van der Waals surface area contributed by atoms with Crippen LogP contribution >= 0.6 is 11.8 Å². The van der Waals surface area contributed by atoms with Crippen molar-refractivity contribution in [3.63, 3.8) is 0 Å². The van der Waals surface area contributed by atoms with E-state index in [9.17, 15) is 14.0 Å². The molecule has 1 aromatic heterocycles. The van der Waals surface area contributed by atoms with E-state index in [1.165, 1.54) is 22.7 Å². The maximum absolute atomic E-state index is 14.3. The van der Waals surface area contributed by atoms with E-state index in [2.05, 4.69) is 29.4 Å². The van der Waals surface area contributed by atoms with Crippen molar-refractivity contribution in [2.24, 2.45) is 5.92 Å². The number of nitrogens with zero attached hydrogens (tertiary/aromatic N) is 4. The maximum atomic E-state index is 14.3. The van der Waals surface area contributed by atoms with E-state index in [1.807, 2.05) is 4.57 Å². The quantitative estimate of drug-likeness (QED) is 0.516. The Hall–Kier alpha value is -3.20. The van der Waals surface area contributed by atoms with E-state index < -0.39 is 0 Å². The van der Waals surface area contributed by atoms with Crippen LogP contribution in [0.2, 0.25) is 0 Å². The summed E-state index contributed by atoms with van der Waals surface area (Å²) in [5.74, 6) is 0.164. The second kappa shape index (κ2) is 10.4. The number of rotatable bonds is 8. The van der Waals surface area contributed by atoms with Gasteiger partial charge in [-0.3, -0.25) is 9.59 Å². The molecule has 2 amide bonds. The highest BCUT2D eigenvalue weighted by Crippen LogP contribution is 2.27. The van der Waals surface area contributed by atoms with Gasteiger partial charge >= 0.3 is 0 Å². The molecule has 0 atom stereocenters. The first-order chi connectivity index (χ1) is 15.3. The first-order valence-corrected chi connectivity index (χ1v) is 11.2. The first-order valence-electron chi connectivity index (χ1n) is 10.2. The summed E-state index contributed by atoms with van der Waals surface area (Å²) in [7, 11) is 3.37. The van der Waals surface area contributed by atoms with Gasteiger partial charge in [0.2, 0.25) is 5.91 Å². The molecule has 0 fully saturated rings. The summed E-state index contributed by atoms with van der Waals surface area (Å²) in [5, 5.41) is 11.8. The van der Waals surface area contributed by atoms with E-state index in [0.29, 0.717) is 34.3 Å². The van der Waals surface area contributed by atoms with Crippen molar-refractivity contribution in [1.29, 1.82) is 0 Å². The van der Waals surface area contributed by atoms with Crippen LogP contribution in [-0.4, -0.2) is 51.3 Å². The van der Waals surface area contributed by atoms with E-state index in [-0.39, 0.29) is 29.3 Å². The van der Waals surface area contributed by atoms with Crippen LogP contribution in [0.15, 0.2) is 53.7 Å². The molecule has 168 valence electrons. The fourth-order valence-electron chi connectivity index (χ4n) is 3.05. The van der Waals surface area contributed by atoms with Crippen molar-refractivity contribution in [3.05, 3.63) is 59.9 Å². The van der Waals surface area contributed by atoms with E-state index in [0.717, 1.165) is 0 Å². The van der Waals surface area contributed by atoms with Gasteiger partial charge in [-0.2, -0.15) is 0 Å². The summed E-state index contributed by atoms with van der Waals surface area (Å²) in [6.45, 7) is 4.70. The Bertz CT molecular complexity index is 1100. The van der Waals surface area contributed by atoms with Crippen molar-refractivity contribution >= 4 is 29.3 Å². The normalized spacial score (nSPS) is 10.9. The molecule has 0 spiro atoms. The number of thioether (sulfide) groups is 1. The number of carbonyl (C=O) groups is 2. The lowest BCUT2D eigenvalue weighted by atomic mass is 10.2. The maximum Gasteiger partial charge on any atom is 0.253 e. The second-order valence-electron chi connectivity index (χ2n) is 7.90. The van der Waals surface area contributed by atoms with Gasteiger partial charge in [-0.25, -0.2) is 4.39 Å². The van der Waals surface area contributed by atoms with Gasteiger partial charge in [-0.1, -0.05) is 37.7 Å². The molecule has 9 heteroatoms. The smallest absolute Gasteiger partial charge is 0.253 e. The monoisotopic (exact) mass is 455 g/mol. The molecule has 3 aromatic rings. The molecular formula is C23H26FN5O2S. The average Bonchev–Trinajstić information content (AvgIpc) is 3.14. The summed E-state index contributed by atoms with van der Waals surface area (Å²) in [6, 6.07) is 13.2. The van der Waals surface area contributed by atoms with E-state index >= 15 is 0 Å². The molecule has 0 aliphatic rings. The van der Waals surface area contributed by atoms with Crippen molar-refractivity contribution < 1.29 is 14.0 Å². The minimum Gasteiger partial charge on any atom is -0.345 e. The molecule has 1 heterocycles. The molecule has 0 unspecified atom stereocenters. The van der Waals surface area contributed by atoms with Gasteiger partial charge in [0.1, 0.15) is 5.82 Å². The van der Waals surface area contributed by atoms with Gasteiger partial charge in [0, 0.05) is 31.9 Å². The van der Waals surface area contributed by atoms with Crippen molar-refractivity contribution in [3.8, 4) is 11.4 Å². The number of benzene rings is 2. The van der Waals surface area contributed by atoms with Gasteiger partial charge in [0.15, 0.2) is 11.0 Å². The fourth-order valence-corrected chi connectivity index (χ4v) is 3.80. The molecule has 0 radical (unpaired) electrons. The Morgan fingerprint density at radius 3 is 2.41 bits per heavy atom. The Morgan fingerprint density at radius 1 is 1.09 bits per heavy atom. The Labute approximate surface area is 191 Å². The summed E-state index contributed by atoms with van der Waals surface area (Å²) < 4.78 is 16.2. The van der Waals surface area contributed by atoms with Crippen LogP contribution in [0.3, 0.4) is 0 Å². The van der Waals surface area contributed by atoms with Crippen molar-refractivity contribution in [2.75, 3.05) is 25.2 Å². The van der Waals surface area contributed by atoms with Crippen molar-refractivity contribution in [2.45, 2.75) is 25.5 Å². The van der Waals surface area contributed by atoms with Gasteiger partial charge in [0.05, 0.1) is 11.3 Å². The van der Waals surface area contributed by atoms with Crippen LogP contribution in [0.4, 0.5) is 10.1 Å². The Kier molecular flexibility index (Phi) is 7.63. The minimum absolute atomic E-state index is 0.103. The zero-order valence-corrected chi connectivity index (χ0v) is 19.3. The van der Waals surface area contributed by atoms with E-state index in [4.69, 9.17) is 0 Å². The molecule has 3 rings (SSSR count). The predicted octanol–water partition coefficient (Wildman–Crippen LogP) is 4.17. The highest BCUT2D eigenvalue weighted by molar-refractivity contribution is 7.99. The van der Waals surface area contributed by atoms with E-state index in [1.54, 1.807) is 56.6 Å². The lowest BCUT2D eigenvalue weighted by molar-refractivity contribution is -0.113. The van der Waals surface area contributed by atoms with Crippen LogP contribution in [0.1, 0.15) is 24.2 Å². The van der Waals surface area contributed by atoms with Crippen LogP contribution < -0.4 is 5.32 Å². The van der Waals surface area contributed by atoms with Crippen LogP contribution in [0, 0.1) is 11.7 Å². The highest BCUT2D eigenvalue weighted by atomic mass is 32.2. The third kappa shape index (κ3) is 5.73. The second-order valence-corrected chi connectivity index (χ2v) is 8.85. The third-order valence-electron chi connectivity index (χ3n) is 4.53. The van der Waals surface area contributed by atoms with Crippen LogP contribution in [-0.2, 0) is 11.3 Å². The largest absolute Gasteiger partial charge is 0.345 e. The zero-order chi connectivity index (χ0) is 23.3. The number of amides is 2. The number of hydrogen-bond acceptors (Lipinski definition) is 5. The molecule has 0 saturated carbocycles. The molecule has 0 saturated heterocycles. The van der Waals surface area contributed by atoms with Crippen LogP contribution in [0.5, 0.6) is 0 Å². The number of hydrogen-bond donors (Lipinski definition) is 1. The van der Waals surface area contributed by atoms with Crippen molar-refractivity contribution in [1.82, 2.24) is 19.7 Å². The number of nitrogens with one attached hydrogen (secondary N) is 1. The lowest BCUT2D eigenvalue weighted by Gasteiger charge is -2.13. The molecule has 32 heavy (non-hydrogen) atoms. The summed E-state index contributed by atoms with van der Waals surface area (Å²) in [5.41, 5.74) is 1.52. The van der Waals surface area contributed by atoms with Crippen LogP contribution in [0.25, 0.3) is 11.4 Å². The number of halogens is 1.